The van der Waals surface area contributed by atoms with Crippen LogP contribution in [0.25, 0.3) is 0 Å². The number of hydrogen-bond donors (Lipinski definition) is 2. The Kier molecular flexibility index (Phi) is 5.45. The van der Waals surface area contributed by atoms with Crippen molar-refractivity contribution in [2.75, 3.05) is 17.7 Å². The van der Waals surface area contributed by atoms with E-state index < -0.39 is 12.2 Å². The Labute approximate surface area is 140 Å². The molecule has 2 N–H and O–H groups in total. The monoisotopic (exact) mass is 360 g/mol. The molecule has 9 heteroatoms. The Morgan fingerprint density at radius 1 is 1.04 bits per heavy atom. The van der Waals surface area contributed by atoms with E-state index in [1.807, 2.05) is 0 Å². The smallest absolute Gasteiger partial charge is 0.494 e. The van der Waals surface area contributed by atoms with Gasteiger partial charge in [0, 0.05) is 23.5 Å². The molecule has 0 spiro atoms. The zero-order chi connectivity index (χ0) is 17.7. The van der Waals surface area contributed by atoms with Crippen LogP contribution < -0.4 is 20.1 Å². The molecule has 128 valence electrons. The van der Waals surface area contributed by atoms with Gasteiger partial charge in [-0.3, -0.25) is 0 Å². The van der Waals surface area contributed by atoms with Crippen molar-refractivity contribution in [3.05, 3.63) is 48.3 Å². The quantitative estimate of drug-likeness (QED) is 0.619. The van der Waals surface area contributed by atoms with Crippen LogP contribution in [0, 0.1) is 5.82 Å². The van der Waals surface area contributed by atoms with E-state index in [-0.39, 0.29) is 22.3 Å². The molecule has 0 unspecified atom stereocenters. The lowest BCUT2D eigenvalue weighted by atomic mass is 10.3. The summed E-state index contributed by atoms with van der Waals surface area (Å²) in [4.78, 5) is 0. The molecule has 2 aromatic rings. The summed E-state index contributed by atoms with van der Waals surface area (Å²) < 4.78 is 58.8. The zero-order valence-electron chi connectivity index (χ0n) is 12.3. The number of thiocarbonyl (C=S) groups is 1. The molecular formula is C15H12F4N2O2S. The topological polar surface area (TPSA) is 42.5 Å². The van der Waals surface area contributed by atoms with E-state index >= 15 is 0 Å². The number of hydrogen-bond acceptors (Lipinski definition) is 3. The molecule has 0 saturated carbocycles. The first-order valence-corrected chi connectivity index (χ1v) is 6.95. The van der Waals surface area contributed by atoms with Gasteiger partial charge in [0.25, 0.3) is 0 Å². The predicted molar refractivity (Wildman–Crippen MR) is 85.9 cm³/mol. The van der Waals surface area contributed by atoms with Crippen LogP contribution in [0.15, 0.2) is 42.5 Å². The predicted octanol–water partition coefficient (Wildman–Crippen LogP) is 4.54. The molecule has 0 aromatic heterocycles. The highest BCUT2D eigenvalue weighted by atomic mass is 32.1. The third-order valence-corrected chi connectivity index (χ3v) is 2.94. The summed E-state index contributed by atoms with van der Waals surface area (Å²) in [6, 6.07) is 9.31. The van der Waals surface area contributed by atoms with Gasteiger partial charge in [-0.1, -0.05) is 6.07 Å². The Balaban J connectivity index is 2.02. The van der Waals surface area contributed by atoms with Crippen LogP contribution in [0.1, 0.15) is 0 Å². The molecule has 2 aromatic carbocycles. The van der Waals surface area contributed by atoms with Gasteiger partial charge >= 0.3 is 6.36 Å². The van der Waals surface area contributed by atoms with Gasteiger partial charge in [-0.15, -0.1) is 13.2 Å². The van der Waals surface area contributed by atoms with Gasteiger partial charge in [0.1, 0.15) is 5.75 Å². The van der Waals surface area contributed by atoms with Gasteiger partial charge in [0.15, 0.2) is 16.7 Å². The lowest BCUT2D eigenvalue weighted by Gasteiger charge is -2.13. The minimum atomic E-state index is -4.78. The maximum Gasteiger partial charge on any atom is 0.573 e. The highest BCUT2D eigenvalue weighted by Crippen LogP contribution is 2.25. The number of nitrogens with one attached hydrogen (secondary N) is 2. The summed E-state index contributed by atoms with van der Waals surface area (Å²) in [5.41, 5.74) is 0.636. The van der Waals surface area contributed by atoms with Crippen LogP contribution in [0.3, 0.4) is 0 Å². The Bertz CT molecular complexity index is 738. The van der Waals surface area contributed by atoms with E-state index in [4.69, 9.17) is 17.0 Å². The second kappa shape index (κ2) is 7.35. The van der Waals surface area contributed by atoms with E-state index in [2.05, 4.69) is 15.4 Å². The summed E-state index contributed by atoms with van der Waals surface area (Å²) in [6.07, 6.45) is -4.78. The van der Waals surface area contributed by atoms with Crippen molar-refractivity contribution in [1.82, 2.24) is 0 Å². The minimum absolute atomic E-state index is 0.0729. The van der Waals surface area contributed by atoms with Crippen molar-refractivity contribution >= 4 is 28.7 Å². The van der Waals surface area contributed by atoms with E-state index in [0.717, 1.165) is 12.1 Å². The number of methoxy groups -OCH3 is 1. The Morgan fingerprint density at radius 3 is 2.29 bits per heavy atom. The van der Waals surface area contributed by atoms with Crippen LogP contribution in [0.5, 0.6) is 11.5 Å². The van der Waals surface area contributed by atoms with E-state index in [9.17, 15) is 17.6 Å². The van der Waals surface area contributed by atoms with Crippen molar-refractivity contribution < 1.29 is 27.0 Å². The first-order valence-electron chi connectivity index (χ1n) is 6.54. The average molecular weight is 360 g/mol. The Hall–Kier alpha value is -2.55. The molecule has 2 rings (SSSR count). The van der Waals surface area contributed by atoms with Gasteiger partial charge in [-0.05, 0) is 36.5 Å². The van der Waals surface area contributed by atoms with E-state index in [1.54, 1.807) is 6.07 Å². The fourth-order valence-corrected chi connectivity index (χ4v) is 2.04. The van der Waals surface area contributed by atoms with Crippen molar-refractivity contribution in [1.29, 1.82) is 0 Å². The van der Waals surface area contributed by atoms with Gasteiger partial charge in [-0.2, -0.15) is 0 Å². The third-order valence-electron chi connectivity index (χ3n) is 2.74. The number of alkyl halides is 3. The highest BCUT2D eigenvalue weighted by Gasteiger charge is 2.31. The fraction of sp³-hybridized carbons (Fsp3) is 0.133. The van der Waals surface area contributed by atoms with Gasteiger partial charge in [-0.25, -0.2) is 4.39 Å². The lowest BCUT2D eigenvalue weighted by Crippen LogP contribution is -2.20. The second-order valence-electron chi connectivity index (χ2n) is 4.50. The molecule has 0 amide bonds. The molecule has 0 aliphatic carbocycles. The first-order chi connectivity index (χ1) is 11.3. The van der Waals surface area contributed by atoms with Crippen molar-refractivity contribution in [3.8, 4) is 11.5 Å². The van der Waals surface area contributed by atoms with Crippen molar-refractivity contribution in [2.24, 2.45) is 0 Å². The van der Waals surface area contributed by atoms with Crippen molar-refractivity contribution in [2.45, 2.75) is 6.36 Å². The number of halogens is 4. The normalized spacial score (nSPS) is 10.9. The van der Waals surface area contributed by atoms with Gasteiger partial charge in [0.05, 0.1) is 7.11 Å². The number of benzene rings is 2. The van der Waals surface area contributed by atoms with Crippen LogP contribution in [-0.2, 0) is 0 Å². The first kappa shape index (κ1) is 17.8. The van der Waals surface area contributed by atoms with Crippen molar-refractivity contribution in [3.63, 3.8) is 0 Å². The molecule has 0 fully saturated rings. The zero-order valence-corrected chi connectivity index (χ0v) is 13.1. The van der Waals surface area contributed by atoms with Gasteiger partial charge in [0.2, 0.25) is 0 Å². The summed E-state index contributed by atoms with van der Waals surface area (Å²) in [5, 5.41) is 5.47. The van der Waals surface area contributed by atoms with Crippen LogP contribution >= 0.6 is 12.2 Å². The summed E-state index contributed by atoms with van der Waals surface area (Å²) in [7, 11) is 1.34. The molecule has 0 aliphatic rings. The van der Waals surface area contributed by atoms with E-state index in [0.29, 0.717) is 5.69 Å². The standard InChI is InChI=1S/C15H12F4N2O2S/c1-22-13-6-5-10(8-12(13)16)21-14(24)20-9-3-2-4-11(7-9)23-15(17,18)19/h2-8H,1H3,(H2,20,21,24). The number of rotatable bonds is 4. The summed E-state index contributed by atoms with van der Waals surface area (Å²) in [5.74, 6) is -0.881. The number of anilines is 2. The molecule has 0 aliphatic heterocycles. The fourth-order valence-electron chi connectivity index (χ4n) is 1.81. The molecule has 4 nitrogen and oxygen atoms in total. The summed E-state index contributed by atoms with van der Waals surface area (Å²) in [6.45, 7) is 0. The van der Waals surface area contributed by atoms with Crippen LogP contribution in [-0.4, -0.2) is 18.6 Å². The molecule has 0 bridgehead atoms. The third kappa shape index (κ3) is 5.27. The van der Waals surface area contributed by atoms with Crippen LogP contribution in [0.2, 0.25) is 0 Å². The Morgan fingerprint density at radius 2 is 1.71 bits per heavy atom. The molecule has 24 heavy (non-hydrogen) atoms. The average Bonchev–Trinajstić information content (AvgIpc) is 2.45. The lowest BCUT2D eigenvalue weighted by molar-refractivity contribution is -0.274. The highest BCUT2D eigenvalue weighted by molar-refractivity contribution is 7.80. The summed E-state index contributed by atoms with van der Waals surface area (Å²) >= 11 is 5.04. The van der Waals surface area contributed by atoms with E-state index in [1.165, 1.54) is 31.4 Å². The largest absolute Gasteiger partial charge is 0.573 e. The van der Waals surface area contributed by atoms with Gasteiger partial charge < -0.3 is 20.1 Å². The molecule has 0 saturated heterocycles. The molecular weight excluding hydrogens is 348 g/mol. The molecule has 0 atom stereocenters. The number of ether oxygens (including phenoxy) is 2. The maximum atomic E-state index is 13.6. The molecule has 0 heterocycles. The second-order valence-corrected chi connectivity index (χ2v) is 4.91. The van der Waals surface area contributed by atoms with Crippen LogP contribution in [0.4, 0.5) is 28.9 Å². The maximum absolute atomic E-state index is 13.6. The minimum Gasteiger partial charge on any atom is -0.494 e. The SMILES string of the molecule is COc1ccc(NC(=S)Nc2cccc(OC(F)(F)F)c2)cc1F. The molecule has 0 radical (unpaired) electrons.